The van der Waals surface area contributed by atoms with Crippen LogP contribution in [-0.2, 0) is 40.0 Å². The zero-order valence-electron chi connectivity index (χ0n) is 30.9. The summed E-state index contributed by atoms with van der Waals surface area (Å²) in [6.07, 6.45) is 16.2. The smallest absolute Gasteiger partial charge is 0.281 e. The van der Waals surface area contributed by atoms with Crippen LogP contribution in [0.3, 0.4) is 0 Å². The fourth-order valence-corrected chi connectivity index (χ4v) is 5.99. The summed E-state index contributed by atoms with van der Waals surface area (Å²) in [6, 6.07) is 31.3. The van der Waals surface area contributed by atoms with Gasteiger partial charge >= 0.3 is 5.69 Å². The molecule has 1 aliphatic heterocycles. The van der Waals surface area contributed by atoms with Gasteiger partial charge in [-0.3, -0.25) is 43.8 Å². The molecule has 0 saturated carbocycles. The molecule has 7 aromatic rings. The summed E-state index contributed by atoms with van der Waals surface area (Å²) in [6.45, 7) is 2.05. The number of aryl methyl sites for hydroxylation is 2. The van der Waals surface area contributed by atoms with Crippen molar-refractivity contribution in [2.45, 2.75) is 38.5 Å². The second kappa shape index (κ2) is 19.8. The Labute approximate surface area is 332 Å². The summed E-state index contributed by atoms with van der Waals surface area (Å²) in [7, 11) is 3.18. The van der Waals surface area contributed by atoms with Crippen LogP contribution in [0.2, 0.25) is 0 Å². The van der Waals surface area contributed by atoms with E-state index >= 15 is 0 Å². The largest absolute Gasteiger partial charge is 0.332 e. The van der Waals surface area contributed by atoms with Gasteiger partial charge in [-0.15, -0.1) is 0 Å². The minimum Gasteiger partial charge on any atom is -0.281 e. The number of unbranched alkanes of at least 4 members (excludes halogenated alkanes) is 1. The zero-order valence-corrected chi connectivity index (χ0v) is 32.6. The third-order valence-corrected chi connectivity index (χ3v) is 8.83. The van der Waals surface area contributed by atoms with E-state index < -0.39 is 0 Å². The number of hydrogen-bond donors (Lipinski definition) is 0. The molecule has 0 amide bonds. The third-order valence-electron chi connectivity index (χ3n) is 8.83. The Kier molecular flexibility index (Phi) is 14.4. The molecule has 0 aliphatic carbocycles. The normalized spacial score (nSPS) is 12.3. The fourth-order valence-electron chi connectivity index (χ4n) is 5.99. The number of hydrogen-bond acceptors (Lipinski definition) is 9. The maximum Gasteiger partial charge on any atom is 0.332 e. The first-order valence-electron chi connectivity index (χ1n) is 17.8. The van der Waals surface area contributed by atoms with Crippen molar-refractivity contribution in [3.8, 4) is 34.2 Å². The van der Waals surface area contributed by atoms with Crippen molar-refractivity contribution in [2.24, 2.45) is 19.1 Å². The molecule has 1 unspecified atom stereocenters. The monoisotopic (exact) mass is 817 g/mol. The van der Waals surface area contributed by atoms with Crippen LogP contribution in [0.4, 0.5) is 5.82 Å². The van der Waals surface area contributed by atoms with Crippen LogP contribution in [-0.4, -0.2) is 45.3 Å². The van der Waals surface area contributed by atoms with Crippen LogP contribution in [0.15, 0.2) is 149 Å². The van der Waals surface area contributed by atoms with E-state index in [0.29, 0.717) is 11.4 Å². The minimum absolute atomic E-state index is 0. The van der Waals surface area contributed by atoms with E-state index in [9.17, 15) is 9.59 Å². The third kappa shape index (κ3) is 10.5. The van der Waals surface area contributed by atoms with Gasteiger partial charge in [0.2, 0.25) is 0 Å². The molecule has 8 heterocycles. The van der Waals surface area contributed by atoms with Crippen molar-refractivity contribution in [1.82, 2.24) is 39.0 Å². The number of nitrogens with zero attached hydrogens (tertiary/aromatic N) is 9. The average Bonchev–Trinajstić information content (AvgIpc) is 3.67. The Hall–Kier alpha value is -6.13. The maximum atomic E-state index is 12.6. The molecule has 8 rings (SSSR count). The van der Waals surface area contributed by atoms with E-state index in [1.807, 2.05) is 104 Å². The molecule has 0 aromatic carbocycles. The van der Waals surface area contributed by atoms with Crippen LogP contribution >= 0.6 is 0 Å². The van der Waals surface area contributed by atoms with Gasteiger partial charge in [0.25, 0.3) is 5.56 Å². The summed E-state index contributed by atoms with van der Waals surface area (Å²) < 4.78 is 2.61. The molecule has 1 aliphatic rings. The van der Waals surface area contributed by atoms with Crippen LogP contribution in [0.1, 0.15) is 41.9 Å². The quantitative estimate of drug-likeness (QED) is 0.115. The van der Waals surface area contributed by atoms with E-state index in [1.54, 1.807) is 44.2 Å². The molecule has 0 radical (unpaired) electrons. The van der Waals surface area contributed by atoms with Gasteiger partial charge in [-0.1, -0.05) is 30.7 Å². The first kappa shape index (κ1) is 40.1. The van der Waals surface area contributed by atoms with Crippen LogP contribution in [0, 0.1) is 6.92 Å². The van der Waals surface area contributed by atoms with Crippen LogP contribution < -0.4 is 11.2 Å². The predicted octanol–water partition coefficient (Wildman–Crippen LogP) is 7.35. The van der Waals surface area contributed by atoms with Gasteiger partial charge < -0.3 is 0 Å². The number of aromatic nitrogens is 8. The molecule has 55 heavy (non-hydrogen) atoms. The van der Waals surface area contributed by atoms with E-state index in [4.69, 9.17) is 0 Å². The Bertz CT molecular complexity index is 2270. The van der Waals surface area contributed by atoms with Crippen molar-refractivity contribution in [3.63, 3.8) is 0 Å². The number of fused-ring (bicyclic) bond motifs is 1. The number of pyridine rings is 6. The molecule has 0 bridgehead atoms. The first-order chi connectivity index (χ1) is 26.4. The van der Waals surface area contributed by atoms with Gasteiger partial charge in [0.05, 0.1) is 39.7 Å². The molecule has 0 saturated heterocycles. The molecular formula is C43H41N9O2Ru. The minimum atomic E-state index is -0.340. The average molecular weight is 817 g/mol. The number of rotatable bonds is 8. The number of aliphatic imine (C=N–C) groups is 1. The van der Waals surface area contributed by atoms with Gasteiger partial charge in [0.1, 0.15) is 5.82 Å². The van der Waals surface area contributed by atoms with Gasteiger partial charge in [0, 0.05) is 82.9 Å². The van der Waals surface area contributed by atoms with Crippen molar-refractivity contribution in [1.29, 1.82) is 0 Å². The van der Waals surface area contributed by atoms with Gasteiger partial charge in [0.15, 0.2) is 0 Å². The molecule has 7 aromatic heterocycles. The van der Waals surface area contributed by atoms with Crippen molar-refractivity contribution >= 4 is 12.0 Å². The van der Waals surface area contributed by atoms with E-state index in [0.717, 1.165) is 65.4 Å². The molecule has 0 fully saturated rings. The van der Waals surface area contributed by atoms with Crippen molar-refractivity contribution in [3.05, 3.63) is 172 Å². The summed E-state index contributed by atoms with van der Waals surface area (Å²) in [4.78, 5) is 54.6. The maximum absolute atomic E-state index is 12.6. The summed E-state index contributed by atoms with van der Waals surface area (Å²) in [5.74, 6) is 0.465. The second-order valence-electron chi connectivity index (χ2n) is 12.7. The van der Waals surface area contributed by atoms with Crippen molar-refractivity contribution in [2.75, 3.05) is 0 Å². The van der Waals surface area contributed by atoms with Crippen LogP contribution in [0.5, 0.6) is 0 Å². The standard InChI is InChI=1S/C23H25N5O2.2C10H8N2.Ru/c1-15-8-10-24-18(12-15)19-13-16(9-11-25-19)6-4-5-7-17-14-26-21-20(17)22(29)28(3)23(30)27(21)2;2*1-3-7-11-9(5-1)10-6-2-4-8-12-10;/h8-14,17H,4-7H2,1-3H3;2*1-8H;. The fraction of sp³-hybridized carbons (Fsp3) is 0.186. The molecule has 11 nitrogen and oxygen atoms in total. The predicted molar refractivity (Wildman–Crippen MR) is 213 cm³/mol. The van der Waals surface area contributed by atoms with E-state index in [1.165, 1.54) is 21.7 Å². The molecule has 12 heteroatoms. The molecule has 278 valence electrons. The van der Waals surface area contributed by atoms with E-state index in [2.05, 4.69) is 41.0 Å². The summed E-state index contributed by atoms with van der Waals surface area (Å²) >= 11 is 0. The summed E-state index contributed by atoms with van der Waals surface area (Å²) in [5, 5.41) is 0. The first-order valence-corrected chi connectivity index (χ1v) is 17.8. The Balaban J connectivity index is 0.000000189. The van der Waals surface area contributed by atoms with Gasteiger partial charge in [-0.05, 0) is 110 Å². The van der Waals surface area contributed by atoms with Gasteiger partial charge in [-0.25, -0.2) is 9.79 Å². The Morgan fingerprint density at radius 2 is 1.05 bits per heavy atom. The topological polar surface area (TPSA) is 134 Å². The Morgan fingerprint density at radius 3 is 1.55 bits per heavy atom. The van der Waals surface area contributed by atoms with Crippen LogP contribution in [0.25, 0.3) is 34.2 Å². The molecule has 0 N–H and O–H groups in total. The SMILES string of the molecule is Cc1ccnc(-c2cc(CCCCC3C=Nc4c3c(=O)n(C)c(=O)n4C)ccn2)c1.[Ru].c1ccc(-c2ccccn2)nc1.c1ccc(-c2ccccn2)nc1. The zero-order chi connectivity index (χ0) is 37.7. The van der Waals surface area contributed by atoms with Crippen molar-refractivity contribution < 1.29 is 19.5 Å². The summed E-state index contributed by atoms with van der Waals surface area (Å²) in [5.41, 5.74) is 7.88. The molecular weight excluding hydrogens is 776 g/mol. The second-order valence-corrected chi connectivity index (χ2v) is 12.7. The van der Waals surface area contributed by atoms with Gasteiger partial charge in [-0.2, -0.15) is 0 Å². The Morgan fingerprint density at radius 1 is 0.564 bits per heavy atom. The molecule has 1 atom stereocenters. The molecule has 0 spiro atoms. The van der Waals surface area contributed by atoms with E-state index in [-0.39, 0.29) is 36.6 Å².